The molecule has 1 aliphatic rings. The molecule has 0 atom stereocenters. The molecule has 1 aliphatic heterocycles. The van der Waals surface area contributed by atoms with Gasteiger partial charge in [-0.05, 0) is 19.1 Å². The highest BCUT2D eigenvalue weighted by atomic mass is 16.5. The molecule has 0 spiro atoms. The smallest absolute Gasteiger partial charge is 0.291 e. The van der Waals surface area contributed by atoms with Gasteiger partial charge in [0.1, 0.15) is 5.75 Å². The van der Waals surface area contributed by atoms with Gasteiger partial charge in [-0.1, -0.05) is 12.1 Å². The van der Waals surface area contributed by atoms with E-state index in [0.29, 0.717) is 31.3 Å². The largest absolute Gasteiger partial charge is 0.496 e. The first kappa shape index (κ1) is 12.7. The molecular formula is C14H16N4O2. The van der Waals surface area contributed by atoms with Crippen LogP contribution in [0.15, 0.2) is 24.3 Å². The third-order valence-electron chi connectivity index (χ3n) is 3.55. The van der Waals surface area contributed by atoms with Crippen LogP contribution in [0.2, 0.25) is 0 Å². The standard InChI is InChI=1S/C14H16N4O2/c1-3-17-8-9-18-12(15-16-13(18)14(17)19)10-6-4-5-7-11(10)20-2/h4-7H,3,8-9H2,1-2H3. The maximum Gasteiger partial charge on any atom is 0.291 e. The average molecular weight is 272 g/mol. The predicted molar refractivity (Wildman–Crippen MR) is 73.6 cm³/mol. The molecule has 0 N–H and O–H groups in total. The van der Waals surface area contributed by atoms with E-state index in [1.807, 2.05) is 35.8 Å². The van der Waals surface area contributed by atoms with Gasteiger partial charge in [-0.15, -0.1) is 10.2 Å². The minimum absolute atomic E-state index is 0.0626. The second-order valence-corrected chi connectivity index (χ2v) is 4.58. The highest BCUT2D eigenvalue weighted by Crippen LogP contribution is 2.29. The van der Waals surface area contributed by atoms with E-state index < -0.39 is 0 Å². The molecule has 0 bridgehead atoms. The number of nitrogens with zero attached hydrogens (tertiary/aromatic N) is 4. The van der Waals surface area contributed by atoms with Crippen molar-refractivity contribution in [2.24, 2.45) is 0 Å². The van der Waals surface area contributed by atoms with Gasteiger partial charge in [0.2, 0.25) is 5.82 Å². The third kappa shape index (κ3) is 1.84. The van der Waals surface area contributed by atoms with Crippen LogP contribution in [-0.4, -0.2) is 45.8 Å². The zero-order valence-corrected chi connectivity index (χ0v) is 11.5. The van der Waals surface area contributed by atoms with Crippen LogP contribution >= 0.6 is 0 Å². The lowest BCUT2D eigenvalue weighted by Gasteiger charge is -2.26. The lowest BCUT2D eigenvalue weighted by atomic mass is 10.2. The highest BCUT2D eigenvalue weighted by molar-refractivity contribution is 5.92. The van der Waals surface area contributed by atoms with Crippen molar-refractivity contribution in [2.45, 2.75) is 13.5 Å². The van der Waals surface area contributed by atoms with Crippen molar-refractivity contribution in [3.05, 3.63) is 30.1 Å². The fourth-order valence-corrected chi connectivity index (χ4v) is 2.47. The van der Waals surface area contributed by atoms with Crippen LogP contribution in [0.25, 0.3) is 11.4 Å². The molecule has 2 heterocycles. The maximum absolute atomic E-state index is 12.2. The normalized spacial score (nSPS) is 14.3. The summed E-state index contributed by atoms with van der Waals surface area (Å²) < 4.78 is 7.22. The Morgan fingerprint density at radius 2 is 1.95 bits per heavy atom. The van der Waals surface area contributed by atoms with E-state index in [9.17, 15) is 4.79 Å². The maximum atomic E-state index is 12.2. The Bertz CT molecular complexity index is 650. The summed E-state index contributed by atoms with van der Waals surface area (Å²) in [6.07, 6.45) is 0. The molecule has 6 nitrogen and oxygen atoms in total. The molecule has 20 heavy (non-hydrogen) atoms. The highest BCUT2D eigenvalue weighted by Gasteiger charge is 2.28. The van der Waals surface area contributed by atoms with Crippen LogP contribution in [0.1, 0.15) is 17.5 Å². The van der Waals surface area contributed by atoms with Crippen molar-refractivity contribution in [1.29, 1.82) is 0 Å². The number of hydrogen-bond donors (Lipinski definition) is 0. The zero-order valence-electron chi connectivity index (χ0n) is 11.5. The first-order valence-electron chi connectivity index (χ1n) is 6.62. The Kier molecular flexibility index (Phi) is 3.14. The molecule has 0 saturated heterocycles. The van der Waals surface area contributed by atoms with Crippen LogP contribution in [0, 0.1) is 0 Å². The summed E-state index contributed by atoms with van der Waals surface area (Å²) >= 11 is 0. The summed E-state index contributed by atoms with van der Waals surface area (Å²) in [5.74, 6) is 1.75. The summed E-state index contributed by atoms with van der Waals surface area (Å²) in [5.41, 5.74) is 0.853. The SMILES string of the molecule is CCN1CCn2c(nnc2-c2ccccc2OC)C1=O. The van der Waals surface area contributed by atoms with Gasteiger partial charge in [0.25, 0.3) is 5.91 Å². The number of para-hydroxylation sites is 1. The third-order valence-corrected chi connectivity index (χ3v) is 3.55. The Labute approximate surface area is 117 Å². The quantitative estimate of drug-likeness (QED) is 0.848. The van der Waals surface area contributed by atoms with Crippen LogP contribution in [0.5, 0.6) is 5.75 Å². The number of amides is 1. The second kappa shape index (κ2) is 4.96. The lowest BCUT2D eigenvalue weighted by Crippen LogP contribution is -2.40. The molecule has 0 radical (unpaired) electrons. The zero-order chi connectivity index (χ0) is 14.1. The minimum atomic E-state index is -0.0626. The first-order valence-corrected chi connectivity index (χ1v) is 6.62. The monoisotopic (exact) mass is 272 g/mol. The molecule has 2 aromatic rings. The fourth-order valence-electron chi connectivity index (χ4n) is 2.47. The minimum Gasteiger partial charge on any atom is -0.496 e. The molecule has 0 fully saturated rings. The fraction of sp³-hybridized carbons (Fsp3) is 0.357. The van der Waals surface area contributed by atoms with E-state index >= 15 is 0 Å². The van der Waals surface area contributed by atoms with Gasteiger partial charge in [-0.2, -0.15) is 0 Å². The van der Waals surface area contributed by atoms with Gasteiger partial charge >= 0.3 is 0 Å². The predicted octanol–water partition coefficient (Wildman–Crippen LogP) is 1.43. The average Bonchev–Trinajstić information content (AvgIpc) is 2.92. The van der Waals surface area contributed by atoms with E-state index in [2.05, 4.69) is 10.2 Å². The Balaban J connectivity index is 2.08. The number of ether oxygens (including phenoxy) is 1. The lowest BCUT2D eigenvalue weighted by molar-refractivity contribution is 0.0707. The second-order valence-electron chi connectivity index (χ2n) is 4.58. The molecule has 0 unspecified atom stereocenters. The van der Waals surface area contributed by atoms with E-state index in [-0.39, 0.29) is 5.91 Å². The number of benzene rings is 1. The van der Waals surface area contributed by atoms with Crippen molar-refractivity contribution in [3.63, 3.8) is 0 Å². The van der Waals surface area contributed by atoms with E-state index in [4.69, 9.17) is 4.74 Å². The van der Waals surface area contributed by atoms with E-state index in [1.165, 1.54) is 0 Å². The van der Waals surface area contributed by atoms with Gasteiger partial charge in [-0.25, -0.2) is 0 Å². The van der Waals surface area contributed by atoms with Crippen molar-refractivity contribution >= 4 is 5.91 Å². The van der Waals surface area contributed by atoms with Crippen LogP contribution in [-0.2, 0) is 6.54 Å². The number of hydrogen-bond acceptors (Lipinski definition) is 4. The van der Waals surface area contributed by atoms with Crippen molar-refractivity contribution < 1.29 is 9.53 Å². The molecular weight excluding hydrogens is 256 g/mol. The van der Waals surface area contributed by atoms with Crippen molar-refractivity contribution in [2.75, 3.05) is 20.2 Å². The molecule has 1 aromatic carbocycles. The first-order chi connectivity index (χ1) is 9.76. The van der Waals surface area contributed by atoms with Gasteiger partial charge in [0.05, 0.1) is 12.7 Å². The van der Waals surface area contributed by atoms with Crippen LogP contribution in [0.4, 0.5) is 0 Å². The Morgan fingerprint density at radius 3 is 2.70 bits per heavy atom. The number of likely N-dealkylation sites (N-methyl/N-ethyl adjacent to an activating group) is 1. The van der Waals surface area contributed by atoms with Crippen molar-refractivity contribution in [1.82, 2.24) is 19.7 Å². The van der Waals surface area contributed by atoms with Gasteiger partial charge in [0, 0.05) is 19.6 Å². The molecule has 0 saturated carbocycles. The van der Waals surface area contributed by atoms with Gasteiger partial charge in [0.15, 0.2) is 5.82 Å². The van der Waals surface area contributed by atoms with Gasteiger partial charge in [-0.3, -0.25) is 4.79 Å². The summed E-state index contributed by atoms with van der Waals surface area (Å²) in [6.45, 7) is 4.04. The van der Waals surface area contributed by atoms with Crippen molar-refractivity contribution in [3.8, 4) is 17.1 Å². The summed E-state index contributed by atoms with van der Waals surface area (Å²) in [6, 6.07) is 7.62. The number of rotatable bonds is 3. The van der Waals surface area contributed by atoms with E-state index in [0.717, 1.165) is 11.3 Å². The molecule has 0 aliphatic carbocycles. The van der Waals surface area contributed by atoms with E-state index in [1.54, 1.807) is 12.0 Å². The molecule has 104 valence electrons. The summed E-state index contributed by atoms with van der Waals surface area (Å²) in [4.78, 5) is 14.0. The number of carbonyl (C=O) groups excluding carboxylic acids is 1. The topological polar surface area (TPSA) is 60.3 Å². The number of carbonyl (C=O) groups is 1. The number of methoxy groups -OCH3 is 1. The molecule has 3 rings (SSSR count). The number of aromatic nitrogens is 3. The Hall–Kier alpha value is -2.37. The number of fused-ring (bicyclic) bond motifs is 1. The molecule has 1 aromatic heterocycles. The Morgan fingerprint density at radius 1 is 1.20 bits per heavy atom. The summed E-state index contributed by atoms with van der Waals surface area (Å²) in [7, 11) is 1.62. The van der Waals surface area contributed by atoms with Crippen LogP contribution < -0.4 is 4.74 Å². The van der Waals surface area contributed by atoms with Crippen LogP contribution in [0.3, 0.4) is 0 Å². The summed E-state index contributed by atoms with van der Waals surface area (Å²) in [5, 5.41) is 8.24. The molecule has 6 heteroatoms. The molecule has 1 amide bonds. The van der Waals surface area contributed by atoms with Gasteiger partial charge < -0.3 is 14.2 Å².